The Kier molecular flexibility index (Phi) is 4.47. The van der Waals surface area contributed by atoms with Crippen molar-refractivity contribution in [3.8, 4) is 0 Å². The first kappa shape index (κ1) is 13.2. The number of ether oxygens (including phenoxy) is 1. The lowest BCUT2D eigenvalue weighted by Crippen LogP contribution is -2.02. The summed E-state index contributed by atoms with van der Waals surface area (Å²) >= 11 is 1.59. The van der Waals surface area contributed by atoms with Gasteiger partial charge < -0.3 is 9.84 Å². The molecule has 0 spiro atoms. The van der Waals surface area contributed by atoms with Crippen molar-refractivity contribution in [1.82, 2.24) is 4.98 Å². The number of aliphatic hydroxyl groups excluding tert-OH is 1. The molecule has 1 aromatic carbocycles. The predicted octanol–water partition coefficient (Wildman–Crippen LogP) is 2.87. The van der Waals surface area contributed by atoms with Crippen molar-refractivity contribution in [3.63, 3.8) is 0 Å². The highest BCUT2D eigenvalue weighted by Crippen LogP contribution is 2.21. The molecule has 1 aromatic heterocycles. The van der Waals surface area contributed by atoms with Crippen LogP contribution in [0.25, 0.3) is 0 Å². The van der Waals surface area contributed by atoms with Gasteiger partial charge in [0.15, 0.2) is 0 Å². The summed E-state index contributed by atoms with van der Waals surface area (Å²) in [4.78, 5) is 4.37. The molecule has 0 radical (unpaired) electrons. The third-order valence-electron chi connectivity index (χ3n) is 2.68. The van der Waals surface area contributed by atoms with E-state index < -0.39 is 6.10 Å². The van der Waals surface area contributed by atoms with E-state index in [-0.39, 0.29) is 0 Å². The molecule has 0 bridgehead atoms. The summed E-state index contributed by atoms with van der Waals surface area (Å²) in [6.07, 6.45) is 0.0573. The summed E-state index contributed by atoms with van der Waals surface area (Å²) in [5.74, 6) is 0. The van der Waals surface area contributed by atoms with Crippen LogP contribution in [0.1, 0.15) is 27.9 Å². The number of methoxy groups -OCH3 is 1. The number of aromatic nitrogens is 1. The van der Waals surface area contributed by atoms with E-state index in [1.807, 2.05) is 36.6 Å². The van der Waals surface area contributed by atoms with Crippen LogP contribution in [0.2, 0.25) is 0 Å². The van der Waals surface area contributed by atoms with Gasteiger partial charge in [-0.25, -0.2) is 4.98 Å². The highest BCUT2D eigenvalue weighted by atomic mass is 32.1. The van der Waals surface area contributed by atoms with Crippen molar-refractivity contribution in [2.75, 3.05) is 7.11 Å². The highest BCUT2D eigenvalue weighted by Gasteiger charge is 2.11. The minimum atomic E-state index is -0.507. The van der Waals surface area contributed by atoms with Crippen molar-refractivity contribution in [2.45, 2.75) is 26.1 Å². The third kappa shape index (κ3) is 3.38. The monoisotopic (exact) mass is 263 g/mol. The lowest BCUT2D eigenvalue weighted by Gasteiger charge is -2.10. The average Bonchev–Trinajstić information content (AvgIpc) is 2.75. The van der Waals surface area contributed by atoms with E-state index in [0.29, 0.717) is 13.0 Å². The first-order chi connectivity index (χ1) is 8.69. The van der Waals surface area contributed by atoms with Crippen LogP contribution in [0.3, 0.4) is 0 Å². The molecule has 0 aliphatic rings. The molecule has 1 N–H and O–H groups in total. The molecule has 1 atom stereocenters. The summed E-state index contributed by atoms with van der Waals surface area (Å²) in [5.41, 5.74) is 3.00. The highest BCUT2D eigenvalue weighted by molar-refractivity contribution is 7.09. The molecule has 0 saturated heterocycles. The van der Waals surface area contributed by atoms with E-state index in [4.69, 9.17) is 4.74 Å². The number of rotatable bonds is 5. The van der Waals surface area contributed by atoms with Crippen LogP contribution in [0.5, 0.6) is 0 Å². The van der Waals surface area contributed by atoms with Gasteiger partial charge >= 0.3 is 0 Å². The zero-order valence-corrected chi connectivity index (χ0v) is 11.4. The molecule has 0 saturated carbocycles. The van der Waals surface area contributed by atoms with Crippen LogP contribution in [0, 0.1) is 6.92 Å². The van der Waals surface area contributed by atoms with Gasteiger partial charge in [-0.2, -0.15) is 0 Å². The number of hydrogen-bond donors (Lipinski definition) is 1. The molecule has 1 unspecified atom stereocenters. The number of thiazole rings is 1. The molecule has 18 heavy (non-hydrogen) atoms. The largest absolute Gasteiger partial charge is 0.388 e. The van der Waals surface area contributed by atoms with Gasteiger partial charge in [0.25, 0.3) is 0 Å². The van der Waals surface area contributed by atoms with Gasteiger partial charge in [-0.1, -0.05) is 24.3 Å². The van der Waals surface area contributed by atoms with Gasteiger partial charge in [-0.15, -0.1) is 11.3 Å². The Morgan fingerprint density at radius 1 is 1.44 bits per heavy atom. The van der Waals surface area contributed by atoms with Gasteiger partial charge in [-0.05, 0) is 18.1 Å². The number of nitrogens with zero attached hydrogens (tertiary/aromatic N) is 1. The number of hydrogen-bond acceptors (Lipinski definition) is 4. The molecule has 2 aromatic rings. The summed E-state index contributed by atoms with van der Waals surface area (Å²) in [7, 11) is 1.67. The Labute approximate surface area is 111 Å². The van der Waals surface area contributed by atoms with Crippen LogP contribution in [0.4, 0.5) is 0 Å². The topological polar surface area (TPSA) is 42.4 Å². The van der Waals surface area contributed by atoms with Crippen molar-refractivity contribution in [2.24, 2.45) is 0 Å². The minimum absolute atomic E-state index is 0.507. The molecule has 0 amide bonds. The third-order valence-corrected chi connectivity index (χ3v) is 3.67. The Balaban J connectivity index is 2.08. The zero-order chi connectivity index (χ0) is 13.0. The quantitative estimate of drug-likeness (QED) is 0.902. The molecule has 4 heteroatoms. The maximum atomic E-state index is 10.2. The summed E-state index contributed by atoms with van der Waals surface area (Å²) in [6.45, 7) is 2.53. The molecule has 3 nitrogen and oxygen atoms in total. The van der Waals surface area contributed by atoms with Gasteiger partial charge in [0.1, 0.15) is 0 Å². The fourth-order valence-corrected chi connectivity index (χ4v) is 2.65. The van der Waals surface area contributed by atoms with Crippen LogP contribution >= 0.6 is 11.3 Å². The Hall–Kier alpha value is -1.23. The number of aliphatic hydroxyl groups is 1. The molecule has 96 valence electrons. The van der Waals surface area contributed by atoms with Crippen LogP contribution in [-0.4, -0.2) is 17.2 Å². The van der Waals surface area contributed by atoms with Crippen molar-refractivity contribution in [1.29, 1.82) is 0 Å². The Morgan fingerprint density at radius 3 is 2.94 bits per heavy atom. The van der Waals surface area contributed by atoms with Crippen LogP contribution < -0.4 is 0 Å². The number of benzene rings is 1. The van der Waals surface area contributed by atoms with Crippen molar-refractivity contribution < 1.29 is 9.84 Å². The first-order valence-electron chi connectivity index (χ1n) is 5.86. The first-order valence-corrected chi connectivity index (χ1v) is 6.74. The van der Waals surface area contributed by atoms with Gasteiger partial charge in [0.05, 0.1) is 17.7 Å². The van der Waals surface area contributed by atoms with Crippen LogP contribution in [-0.2, 0) is 17.8 Å². The molecular weight excluding hydrogens is 246 g/mol. The maximum Gasteiger partial charge on any atom is 0.0957 e. The fourth-order valence-electron chi connectivity index (χ4n) is 1.84. The zero-order valence-electron chi connectivity index (χ0n) is 10.6. The maximum absolute atomic E-state index is 10.2. The normalized spacial score (nSPS) is 12.6. The van der Waals surface area contributed by atoms with Crippen molar-refractivity contribution >= 4 is 11.3 Å². The summed E-state index contributed by atoms with van der Waals surface area (Å²) < 4.78 is 5.09. The standard InChI is InChI=1S/C14H17NO2S/c1-10-9-18-14(15-10)7-13(16)12-5-3-4-11(6-12)8-17-2/h3-6,9,13,16H,7-8H2,1-2H3. The van der Waals surface area contributed by atoms with Gasteiger partial charge in [-0.3, -0.25) is 0 Å². The number of aryl methyl sites for hydroxylation is 1. The second-order valence-corrected chi connectivity index (χ2v) is 5.22. The van der Waals surface area contributed by atoms with E-state index in [1.54, 1.807) is 18.4 Å². The van der Waals surface area contributed by atoms with E-state index >= 15 is 0 Å². The van der Waals surface area contributed by atoms with Gasteiger partial charge in [0, 0.05) is 24.6 Å². The summed E-state index contributed by atoms with van der Waals surface area (Å²) in [5, 5.41) is 13.2. The smallest absolute Gasteiger partial charge is 0.0957 e. The van der Waals surface area contributed by atoms with E-state index in [9.17, 15) is 5.11 Å². The van der Waals surface area contributed by atoms with Crippen molar-refractivity contribution in [3.05, 3.63) is 51.5 Å². The fraction of sp³-hybridized carbons (Fsp3) is 0.357. The molecule has 1 heterocycles. The molecule has 0 aliphatic carbocycles. The molecule has 0 fully saturated rings. The lowest BCUT2D eigenvalue weighted by molar-refractivity contribution is 0.175. The summed E-state index contributed by atoms with van der Waals surface area (Å²) in [6, 6.07) is 7.85. The van der Waals surface area contributed by atoms with E-state index in [1.165, 1.54) is 0 Å². The molecule has 0 aliphatic heterocycles. The van der Waals surface area contributed by atoms with E-state index in [0.717, 1.165) is 21.8 Å². The Bertz CT molecular complexity index is 510. The Morgan fingerprint density at radius 2 is 2.28 bits per heavy atom. The predicted molar refractivity (Wildman–Crippen MR) is 72.7 cm³/mol. The molecular formula is C14H17NO2S. The van der Waals surface area contributed by atoms with Crippen LogP contribution in [0.15, 0.2) is 29.6 Å². The second kappa shape index (κ2) is 6.09. The minimum Gasteiger partial charge on any atom is -0.388 e. The second-order valence-electron chi connectivity index (χ2n) is 4.28. The lowest BCUT2D eigenvalue weighted by atomic mass is 10.0. The average molecular weight is 263 g/mol. The SMILES string of the molecule is COCc1cccc(C(O)Cc2nc(C)cs2)c1. The van der Waals surface area contributed by atoms with Gasteiger partial charge in [0.2, 0.25) is 0 Å². The molecule has 2 rings (SSSR count). The van der Waals surface area contributed by atoms with E-state index in [2.05, 4.69) is 4.98 Å².